The summed E-state index contributed by atoms with van der Waals surface area (Å²) in [4.78, 5) is 15.5. The van der Waals surface area contributed by atoms with Gasteiger partial charge in [-0.25, -0.2) is 4.79 Å². The van der Waals surface area contributed by atoms with Gasteiger partial charge in [0.1, 0.15) is 0 Å². The van der Waals surface area contributed by atoms with Crippen LogP contribution in [0.4, 0.5) is 0 Å². The number of benzene rings is 2. The van der Waals surface area contributed by atoms with Crippen LogP contribution in [0.15, 0.2) is 60.8 Å². The first-order valence-electron chi connectivity index (χ1n) is 5.93. The van der Waals surface area contributed by atoms with Crippen molar-refractivity contribution in [3.63, 3.8) is 0 Å². The molecule has 0 saturated heterocycles. The van der Waals surface area contributed by atoms with Crippen LogP contribution < -0.4 is 0 Å². The van der Waals surface area contributed by atoms with E-state index in [1.807, 2.05) is 48.5 Å². The standard InChI is InChI=1S/C16H11NO2/c18-16(19)14-10-13(11-5-2-1-3-6-11)9-12-7-4-8-17-15(12)14/h1-10H,(H,18,19). The van der Waals surface area contributed by atoms with E-state index in [1.165, 1.54) is 0 Å². The zero-order chi connectivity index (χ0) is 13.2. The molecular formula is C16H11NO2. The van der Waals surface area contributed by atoms with Crippen molar-refractivity contribution in [2.75, 3.05) is 0 Å². The molecule has 0 amide bonds. The van der Waals surface area contributed by atoms with Crippen molar-refractivity contribution in [3.05, 3.63) is 66.4 Å². The highest BCUT2D eigenvalue weighted by Gasteiger charge is 2.12. The number of carbonyl (C=O) groups is 1. The van der Waals surface area contributed by atoms with Gasteiger partial charge in [0.25, 0.3) is 0 Å². The van der Waals surface area contributed by atoms with Crippen molar-refractivity contribution in [1.29, 1.82) is 0 Å². The van der Waals surface area contributed by atoms with E-state index < -0.39 is 5.97 Å². The Balaban J connectivity index is 2.31. The fourth-order valence-corrected chi connectivity index (χ4v) is 2.15. The summed E-state index contributed by atoms with van der Waals surface area (Å²) in [6, 6.07) is 17.0. The quantitative estimate of drug-likeness (QED) is 0.754. The molecule has 92 valence electrons. The highest BCUT2D eigenvalue weighted by atomic mass is 16.4. The maximum absolute atomic E-state index is 11.4. The highest BCUT2D eigenvalue weighted by Crippen LogP contribution is 2.26. The summed E-state index contributed by atoms with van der Waals surface area (Å²) in [7, 11) is 0. The lowest BCUT2D eigenvalue weighted by Gasteiger charge is -2.07. The molecule has 0 fully saturated rings. The molecule has 1 aromatic heterocycles. The summed E-state index contributed by atoms with van der Waals surface area (Å²) in [5.74, 6) is -0.957. The molecule has 19 heavy (non-hydrogen) atoms. The molecule has 0 unspecified atom stereocenters. The van der Waals surface area contributed by atoms with E-state index >= 15 is 0 Å². The number of hydrogen-bond acceptors (Lipinski definition) is 2. The van der Waals surface area contributed by atoms with Crippen molar-refractivity contribution < 1.29 is 9.90 Å². The van der Waals surface area contributed by atoms with Gasteiger partial charge in [0.05, 0.1) is 11.1 Å². The minimum absolute atomic E-state index is 0.233. The lowest BCUT2D eigenvalue weighted by atomic mass is 9.99. The van der Waals surface area contributed by atoms with Crippen LogP contribution >= 0.6 is 0 Å². The van der Waals surface area contributed by atoms with Crippen LogP contribution in [0.25, 0.3) is 22.0 Å². The van der Waals surface area contributed by atoms with Gasteiger partial charge in [-0.3, -0.25) is 4.98 Å². The van der Waals surface area contributed by atoms with Crippen LogP contribution in [0.1, 0.15) is 10.4 Å². The zero-order valence-electron chi connectivity index (χ0n) is 10.1. The largest absolute Gasteiger partial charge is 0.478 e. The zero-order valence-corrected chi connectivity index (χ0v) is 10.1. The van der Waals surface area contributed by atoms with Gasteiger partial charge in [-0.2, -0.15) is 0 Å². The van der Waals surface area contributed by atoms with E-state index in [4.69, 9.17) is 0 Å². The smallest absolute Gasteiger partial charge is 0.337 e. The van der Waals surface area contributed by atoms with Gasteiger partial charge in [-0.1, -0.05) is 36.4 Å². The van der Waals surface area contributed by atoms with E-state index in [-0.39, 0.29) is 5.56 Å². The molecule has 3 rings (SSSR count). The number of fused-ring (bicyclic) bond motifs is 1. The second-order valence-electron chi connectivity index (χ2n) is 4.27. The monoisotopic (exact) mass is 249 g/mol. The summed E-state index contributed by atoms with van der Waals surface area (Å²) < 4.78 is 0. The Morgan fingerprint density at radius 3 is 2.47 bits per heavy atom. The highest BCUT2D eigenvalue weighted by molar-refractivity contribution is 6.03. The van der Waals surface area contributed by atoms with Crippen molar-refractivity contribution >= 4 is 16.9 Å². The number of carboxylic acid groups (broad SMARTS) is 1. The van der Waals surface area contributed by atoms with Gasteiger partial charge in [-0.05, 0) is 29.3 Å². The molecular weight excluding hydrogens is 238 g/mol. The van der Waals surface area contributed by atoms with Gasteiger partial charge >= 0.3 is 5.97 Å². The number of aromatic nitrogens is 1. The number of hydrogen-bond donors (Lipinski definition) is 1. The van der Waals surface area contributed by atoms with Crippen LogP contribution in [-0.4, -0.2) is 16.1 Å². The average molecular weight is 249 g/mol. The van der Waals surface area contributed by atoms with Crippen molar-refractivity contribution in [3.8, 4) is 11.1 Å². The Kier molecular flexibility index (Phi) is 2.72. The molecule has 0 atom stereocenters. The molecule has 0 bridgehead atoms. The molecule has 0 radical (unpaired) electrons. The maximum atomic E-state index is 11.4. The summed E-state index contributed by atoms with van der Waals surface area (Å²) in [5.41, 5.74) is 2.64. The Morgan fingerprint density at radius 1 is 0.947 bits per heavy atom. The third-order valence-electron chi connectivity index (χ3n) is 3.04. The second-order valence-corrected chi connectivity index (χ2v) is 4.27. The third kappa shape index (κ3) is 2.06. The molecule has 0 spiro atoms. The fourth-order valence-electron chi connectivity index (χ4n) is 2.15. The predicted molar refractivity (Wildman–Crippen MR) is 74.1 cm³/mol. The van der Waals surface area contributed by atoms with Crippen LogP contribution in [-0.2, 0) is 0 Å². The molecule has 3 nitrogen and oxygen atoms in total. The Hall–Kier alpha value is -2.68. The number of nitrogens with zero attached hydrogens (tertiary/aromatic N) is 1. The van der Waals surface area contributed by atoms with Crippen molar-refractivity contribution in [2.24, 2.45) is 0 Å². The van der Waals surface area contributed by atoms with Crippen molar-refractivity contribution in [1.82, 2.24) is 4.98 Å². The normalized spacial score (nSPS) is 10.5. The molecule has 0 saturated carbocycles. The number of carboxylic acids is 1. The SMILES string of the molecule is O=C(O)c1cc(-c2ccccc2)cc2cccnc12. The van der Waals surface area contributed by atoms with Gasteiger partial charge in [-0.15, -0.1) is 0 Å². The second kappa shape index (κ2) is 4.53. The first kappa shape index (κ1) is 11.4. The van der Waals surface area contributed by atoms with E-state index in [2.05, 4.69) is 4.98 Å². The lowest BCUT2D eigenvalue weighted by molar-refractivity contribution is 0.0699. The molecule has 0 aliphatic heterocycles. The van der Waals surface area contributed by atoms with Crippen LogP contribution in [0.2, 0.25) is 0 Å². The van der Waals surface area contributed by atoms with E-state index in [1.54, 1.807) is 12.3 Å². The first-order chi connectivity index (χ1) is 9.25. The first-order valence-corrected chi connectivity index (χ1v) is 5.93. The van der Waals surface area contributed by atoms with Crippen LogP contribution in [0.5, 0.6) is 0 Å². The van der Waals surface area contributed by atoms with Gasteiger partial charge in [0, 0.05) is 11.6 Å². The maximum Gasteiger partial charge on any atom is 0.337 e. The third-order valence-corrected chi connectivity index (χ3v) is 3.04. The molecule has 3 aromatic rings. The van der Waals surface area contributed by atoms with Crippen LogP contribution in [0, 0.1) is 0 Å². The molecule has 1 heterocycles. The van der Waals surface area contributed by atoms with E-state index in [0.29, 0.717) is 5.52 Å². The van der Waals surface area contributed by atoms with E-state index in [9.17, 15) is 9.90 Å². The Labute approximate surface area is 110 Å². The number of aromatic carboxylic acids is 1. The van der Waals surface area contributed by atoms with Gasteiger partial charge in [0.15, 0.2) is 0 Å². The van der Waals surface area contributed by atoms with Gasteiger partial charge in [0.2, 0.25) is 0 Å². The summed E-state index contributed by atoms with van der Waals surface area (Å²) in [6.45, 7) is 0. The minimum atomic E-state index is -0.957. The molecule has 1 N–H and O–H groups in total. The summed E-state index contributed by atoms with van der Waals surface area (Å²) >= 11 is 0. The molecule has 2 aromatic carbocycles. The van der Waals surface area contributed by atoms with E-state index in [0.717, 1.165) is 16.5 Å². The van der Waals surface area contributed by atoms with Gasteiger partial charge < -0.3 is 5.11 Å². The number of pyridine rings is 1. The summed E-state index contributed by atoms with van der Waals surface area (Å²) in [5, 5.41) is 10.1. The Morgan fingerprint density at radius 2 is 1.74 bits per heavy atom. The fraction of sp³-hybridized carbons (Fsp3) is 0. The predicted octanol–water partition coefficient (Wildman–Crippen LogP) is 3.60. The summed E-state index contributed by atoms with van der Waals surface area (Å²) in [6.07, 6.45) is 1.61. The molecule has 0 aliphatic carbocycles. The minimum Gasteiger partial charge on any atom is -0.478 e. The molecule has 3 heteroatoms. The van der Waals surface area contributed by atoms with Crippen LogP contribution in [0.3, 0.4) is 0 Å². The number of rotatable bonds is 2. The molecule has 0 aliphatic rings. The van der Waals surface area contributed by atoms with Crippen molar-refractivity contribution in [2.45, 2.75) is 0 Å². The average Bonchev–Trinajstić information content (AvgIpc) is 2.47. The Bertz CT molecular complexity index is 751. The topological polar surface area (TPSA) is 50.2 Å². The lowest BCUT2D eigenvalue weighted by Crippen LogP contribution is -1.99.